The number of methoxy groups -OCH3 is 2. The standard InChI is InChI=1S/C23H21FN2O5S/c1-30-19-10-13-22(31-2)21(15-19)26-32(28,29)20-11-8-18(9-12-20)25-23(27)14-5-16-3-6-17(24)7-4-16/h3-15,26H,1-2H3,(H,25,27)/b14-5+. The minimum atomic E-state index is -3.91. The Kier molecular flexibility index (Phi) is 7.11. The predicted molar refractivity (Wildman–Crippen MR) is 121 cm³/mol. The molecule has 0 saturated heterocycles. The summed E-state index contributed by atoms with van der Waals surface area (Å²) in [5.41, 5.74) is 1.31. The lowest BCUT2D eigenvalue weighted by atomic mass is 10.2. The van der Waals surface area contributed by atoms with Crippen molar-refractivity contribution in [3.05, 3.63) is 84.2 Å². The molecule has 0 saturated carbocycles. The second-order valence-corrected chi connectivity index (χ2v) is 8.25. The molecule has 3 aromatic rings. The van der Waals surface area contributed by atoms with Crippen LogP contribution in [-0.4, -0.2) is 28.5 Å². The number of hydrogen-bond acceptors (Lipinski definition) is 5. The van der Waals surface area contributed by atoms with Crippen LogP contribution < -0.4 is 19.5 Å². The molecular formula is C23H21FN2O5S. The fraction of sp³-hybridized carbons (Fsp3) is 0.0870. The van der Waals surface area contributed by atoms with Gasteiger partial charge in [-0.1, -0.05) is 12.1 Å². The van der Waals surface area contributed by atoms with Crippen molar-refractivity contribution in [1.82, 2.24) is 0 Å². The Labute approximate surface area is 185 Å². The molecule has 0 unspecified atom stereocenters. The summed E-state index contributed by atoms with van der Waals surface area (Å²) in [6, 6.07) is 16.1. The number of amides is 1. The van der Waals surface area contributed by atoms with Gasteiger partial charge in [-0.3, -0.25) is 9.52 Å². The lowest BCUT2D eigenvalue weighted by molar-refractivity contribution is -0.111. The molecule has 0 aliphatic heterocycles. The first kappa shape index (κ1) is 22.8. The van der Waals surface area contributed by atoms with Gasteiger partial charge in [0, 0.05) is 17.8 Å². The SMILES string of the molecule is COc1ccc(OC)c(NS(=O)(=O)c2ccc(NC(=O)/C=C/c3ccc(F)cc3)cc2)c1. The highest BCUT2D eigenvalue weighted by Crippen LogP contribution is 2.31. The highest BCUT2D eigenvalue weighted by molar-refractivity contribution is 7.92. The molecule has 0 aliphatic carbocycles. The smallest absolute Gasteiger partial charge is 0.262 e. The lowest BCUT2D eigenvalue weighted by Gasteiger charge is -2.13. The summed E-state index contributed by atoms with van der Waals surface area (Å²) < 4.78 is 51.2. The molecule has 3 rings (SSSR count). The molecule has 1 amide bonds. The third kappa shape index (κ3) is 5.86. The van der Waals surface area contributed by atoms with Crippen molar-refractivity contribution >= 4 is 33.4 Å². The van der Waals surface area contributed by atoms with Crippen molar-refractivity contribution in [2.75, 3.05) is 24.3 Å². The van der Waals surface area contributed by atoms with E-state index in [-0.39, 0.29) is 16.4 Å². The van der Waals surface area contributed by atoms with Crippen molar-refractivity contribution in [3.63, 3.8) is 0 Å². The average molecular weight is 456 g/mol. The van der Waals surface area contributed by atoms with Crippen LogP contribution in [0.15, 0.2) is 77.7 Å². The summed E-state index contributed by atoms with van der Waals surface area (Å²) >= 11 is 0. The number of carbonyl (C=O) groups is 1. The molecule has 0 radical (unpaired) electrons. The van der Waals surface area contributed by atoms with Crippen LogP contribution in [0.2, 0.25) is 0 Å². The minimum absolute atomic E-state index is 0.00206. The Morgan fingerprint density at radius 1 is 0.938 bits per heavy atom. The summed E-state index contributed by atoms with van der Waals surface area (Å²) in [5, 5.41) is 2.63. The highest BCUT2D eigenvalue weighted by Gasteiger charge is 2.17. The average Bonchev–Trinajstić information content (AvgIpc) is 2.78. The van der Waals surface area contributed by atoms with E-state index in [0.717, 1.165) is 0 Å². The zero-order valence-electron chi connectivity index (χ0n) is 17.3. The molecule has 0 spiro atoms. The lowest BCUT2D eigenvalue weighted by Crippen LogP contribution is -2.14. The summed E-state index contributed by atoms with van der Waals surface area (Å²) in [6.45, 7) is 0. The number of hydrogen-bond donors (Lipinski definition) is 2. The third-order valence-corrected chi connectivity index (χ3v) is 5.76. The van der Waals surface area contributed by atoms with Crippen LogP contribution in [0.4, 0.5) is 15.8 Å². The Balaban J connectivity index is 1.69. The molecule has 7 nitrogen and oxygen atoms in total. The Bertz CT molecular complexity index is 1220. The molecule has 9 heteroatoms. The molecule has 0 heterocycles. The van der Waals surface area contributed by atoms with E-state index in [1.165, 1.54) is 62.8 Å². The predicted octanol–water partition coefficient (Wildman–Crippen LogP) is 4.30. The van der Waals surface area contributed by atoms with E-state index in [4.69, 9.17) is 9.47 Å². The maximum absolute atomic E-state index is 12.9. The number of rotatable bonds is 8. The maximum atomic E-state index is 12.9. The van der Waals surface area contributed by atoms with E-state index in [2.05, 4.69) is 10.0 Å². The molecule has 0 aromatic heterocycles. The number of nitrogens with one attached hydrogen (secondary N) is 2. The van der Waals surface area contributed by atoms with Gasteiger partial charge >= 0.3 is 0 Å². The molecule has 2 N–H and O–H groups in total. The Hall–Kier alpha value is -3.85. The summed E-state index contributed by atoms with van der Waals surface area (Å²) in [4.78, 5) is 12.1. The van der Waals surface area contributed by atoms with E-state index in [1.807, 2.05) is 0 Å². The van der Waals surface area contributed by atoms with Crippen molar-refractivity contribution in [2.45, 2.75) is 4.90 Å². The second-order valence-electron chi connectivity index (χ2n) is 6.57. The van der Waals surface area contributed by atoms with Crippen LogP contribution in [0.5, 0.6) is 11.5 Å². The quantitative estimate of drug-likeness (QED) is 0.493. The van der Waals surface area contributed by atoms with Crippen LogP contribution in [0, 0.1) is 5.82 Å². The Morgan fingerprint density at radius 3 is 2.25 bits per heavy atom. The number of ether oxygens (including phenoxy) is 2. The first-order chi connectivity index (χ1) is 15.3. The van der Waals surface area contributed by atoms with Gasteiger partial charge in [-0.2, -0.15) is 0 Å². The molecule has 0 bridgehead atoms. The van der Waals surface area contributed by atoms with Crippen molar-refractivity contribution < 1.29 is 27.1 Å². The van der Waals surface area contributed by atoms with Gasteiger partial charge in [0.05, 0.1) is 24.8 Å². The Morgan fingerprint density at radius 2 is 1.62 bits per heavy atom. The second kappa shape index (κ2) is 9.97. The summed E-state index contributed by atoms with van der Waals surface area (Å²) in [6.07, 6.45) is 2.84. The van der Waals surface area contributed by atoms with Gasteiger partial charge in [-0.25, -0.2) is 12.8 Å². The van der Waals surface area contributed by atoms with Gasteiger partial charge < -0.3 is 14.8 Å². The molecule has 0 fully saturated rings. The zero-order valence-corrected chi connectivity index (χ0v) is 18.1. The van der Waals surface area contributed by atoms with Crippen LogP contribution in [0.1, 0.15) is 5.56 Å². The van der Waals surface area contributed by atoms with Crippen LogP contribution in [0.25, 0.3) is 6.08 Å². The molecule has 0 aliphatic rings. The van der Waals surface area contributed by atoms with Gasteiger partial charge in [0.2, 0.25) is 5.91 Å². The van der Waals surface area contributed by atoms with E-state index >= 15 is 0 Å². The van der Waals surface area contributed by atoms with Gasteiger partial charge in [0.1, 0.15) is 17.3 Å². The topological polar surface area (TPSA) is 93.7 Å². The van der Waals surface area contributed by atoms with Gasteiger partial charge in [-0.15, -0.1) is 0 Å². The number of carbonyl (C=O) groups excluding carboxylic acids is 1. The van der Waals surface area contributed by atoms with Crippen molar-refractivity contribution in [2.24, 2.45) is 0 Å². The monoisotopic (exact) mass is 456 g/mol. The first-order valence-electron chi connectivity index (χ1n) is 9.40. The molecule has 32 heavy (non-hydrogen) atoms. The highest BCUT2D eigenvalue weighted by atomic mass is 32.2. The molecule has 166 valence electrons. The fourth-order valence-electron chi connectivity index (χ4n) is 2.74. The fourth-order valence-corrected chi connectivity index (χ4v) is 3.81. The molecular weight excluding hydrogens is 435 g/mol. The number of benzene rings is 3. The van der Waals surface area contributed by atoms with E-state index in [0.29, 0.717) is 22.7 Å². The van der Waals surface area contributed by atoms with Crippen LogP contribution >= 0.6 is 0 Å². The zero-order chi connectivity index (χ0) is 23.1. The van der Waals surface area contributed by atoms with Crippen LogP contribution in [-0.2, 0) is 14.8 Å². The van der Waals surface area contributed by atoms with Crippen molar-refractivity contribution in [3.8, 4) is 11.5 Å². The van der Waals surface area contributed by atoms with Gasteiger partial charge in [0.15, 0.2) is 0 Å². The van der Waals surface area contributed by atoms with Gasteiger partial charge in [0.25, 0.3) is 10.0 Å². The van der Waals surface area contributed by atoms with Crippen LogP contribution in [0.3, 0.4) is 0 Å². The van der Waals surface area contributed by atoms with Gasteiger partial charge in [-0.05, 0) is 60.2 Å². The maximum Gasteiger partial charge on any atom is 0.262 e. The normalized spacial score (nSPS) is 11.2. The van der Waals surface area contributed by atoms with E-state index < -0.39 is 15.9 Å². The summed E-state index contributed by atoms with van der Waals surface area (Å²) in [7, 11) is -1.00. The molecule has 0 atom stereocenters. The van der Waals surface area contributed by atoms with Crippen molar-refractivity contribution in [1.29, 1.82) is 0 Å². The molecule has 3 aromatic carbocycles. The number of halogens is 1. The number of anilines is 2. The minimum Gasteiger partial charge on any atom is -0.497 e. The third-order valence-electron chi connectivity index (χ3n) is 4.38. The summed E-state index contributed by atoms with van der Waals surface area (Å²) in [5.74, 6) is 0.0339. The first-order valence-corrected chi connectivity index (χ1v) is 10.9. The largest absolute Gasteiger partial charge is 0.497 e. The van der Waals surface area contributed by atoms with E-state index in [1.54, 1.807) is 30.3 Å². The van der Waals surface area contributed by atoms with E-state index in [9.17, 15) is 17.6 Å². The number of sulfonamides is 1.